The maximum Gasteiger partial charge on any atom is 0.251 e. The van der Waals surface area contributed by atoms with E-state index in [9.17, 15) is 9.59 Å². The Morgan fingerprint density at radius 2 is 1.74 bits per heavy atom. The molecule has 2 aromatic carbocycles. The number of carbonyl (C=O) groups is 2. The van der Waals surface area contributed by atoms with Gasteiger partial charge in [-0.15, -0.1) is 0 Å². The topological polar surface area (TPSA) is 52.7 Å². The van der Waals surface area contributed by atoms with Crippen LogP contribution in [0.5, 0.6) is 0 Å². The minimum absolute atomic E-state index is 0.0168. The van der Waals surface area contributed by atoms with Gasteiger partial charge in [0.25, 0.3) is 5.91 Å². The van der Waals surface area contributed by atoms with Gasteiger partial charge in [0.05, 0.1) is 6.54 Å². The summed E-state index contributed by atoms with van der Waals surface area (Å²) in [5.74, 6) is -0.276. The molecule has 2 amide bonds. The number of piperazine rings is 1. The minimum Gasteiger partial charge on any atom is -0.368 e. The fraction of sp³-hybridized carbons (Fsp3) is 0.333. The van der Waals surface area contributed by atoms with Crippen LogP contribution in [-0.4, -0.2) is 49.4 Å². The number of nitrogens with one attached hydrogen (secondary N) is 1. The molecule has 0 radical (unpaired) electrons. The standard InChI is InChI=1S/C21H24ClN3O2/c1-15-6-7-17(12-16(15)2)21(27)23-14-20(26)25-10-8-24(9-11-25)19-5-3-4-18(22)13-19/h3-7,12-13H,8-11,14H2,1-2H3,(H,23,27). The first-order valence-electron chi connectivity index (χ1n) is 9.08. The van der Waals surface area contributed by atoms with Crippen molar-refractivity contribution < 1.29 is 9.59 Å². The van der Waals surface area contributed by atoms with Crippen LogP contribution in [0, 0.1) is 13.8 Å². The second-order valence-electron chi connectivity index (χ2n) is 6.83. The maximum atomic E-state index is 12.4. The van der Waals surface area contributed by atoms with Gasteiger partial charge in [-0.3, -0.25) is 9.59 Å². The zero-order valence-electron chi connectivity index (χ0n) is 15.7. The van der Waals surface area contributed by atoms with E-state index >= 15 is 0 Å². The highest BCUT2D eigenvalue weighted by molar-refractivity contribution is 6.30. The first kappa shape index (κ1) is 19.2. The normalized spacial score (nSPS) is 14.2. The van der Waals surface area contributed by atoms with Crippen molar-refractivity contribution in [3.05, 3.63) is 64.2 Å². The van der Waals surface area contributed by atoms with E-state index in [4.69, 9.17) is 11.6 Å². The maximum absolute atomic E-state index is 12.4. The van der Waals surface area contributed by atoms with E-state index in [1.807, 2.05) is 50.2 Å². The van der Waals surface area contributed by atoms with Crippen LogP contribution < -0.4 is 10.2 Å². The Morgan fingerprint density at radius 3 is 2.41 bits per heavy atom. The molecular weight excluding hydrogens is 362 g/mol. The Balaban J connectivity index is 1.49. The van der Waals surface area contributed by atoms with Crippen molar-refractivity contribution in [2.75, 3.05) is 37.6 Å². The number of aryl methyl sites for hydroxylation is 2. The molecule has 5 nitrogen and oxygen atoms in total. The van der Waals surface area contributed by atoms with Crippen LogP contribution in [-0.2, 0) is 4.79 Å². The molecule has 6 heteroatoms. The van der Waals surface area contributed by atoms with E-state index in [-0.39, 0.29) is 18.4 Å². The highest BCUT2D eigenvalue weighted by atomic mass is 35.5. The highest BCUT2D eigenvalue weighted by Gasteiger charge is 2.21. The molecule has 0 spiro atoms. The first-order valence-corrected chi connectivity index (χ1v) is 9.45. The Bertz CT molecular complexity index is 845. The van der Waals surface area contributed by atoms with Gasteiger partial charge in [-0.25, -0.2) is 0 Å². The average Bonchev–Trinajstić information content (AvgIpc) is 2.68. The lowest BCUT2D eigenvalue weighted by molar-refractivity contribution is -0.130. The van der Waals surface area contributed by atoms with Crippen molar-refractivity contribution in [3.63, 3.8) is 0 Å². The summed E-state index contributed by atoms with van der Waals surface area (Å²) in [6, 6.07) is 13.3. The third-order valence-electron chi connectivity index (χ3n) is 4.97. The number of rotatable bonds is 4. The Kier molecular flexibility index (Phi) is 6.01. The Hall–Kier alpha value is -2.53. The van der Waals surface area contributed by atoms with Crippen LogP contribution in [0.15, 0.2) is 42.5 Å². The van der Waals surface area contributed by atoms with E-state index < -0.39 is 0 Å². The van der Waals surface area contributed by atoms with Crippen LogP contribution in [0.3, 0.4) is 0 Å². The molecule has 0 aliphatic carbocycles. The molecular formula is C21H24ClN3O2. The number of halogens is 1. The summed E-state index contributed by atoms with van der Waals surface area (Å²) in [6.45, 7) is 6.74. The largest absolute Gasteiger partial charge is 0.368 e. The van der Waals surface area contributed by atoms with Crippen molar-refractivity contribution in [1.29, 1.82) is 0 Å². The summed E-state index contributed by atoms with van der Waals surface area (Å²) in [6.07, 6.45) is 0. The van der Waals surface area contributed by atoms with Crippen LogP contribution in [0.1, 0.15) is 21.5 Å². The molecule has 3 rings (SSSR count). The fourth-order valence-corrected chi connectivity index (χ4v) is 3.32. The molecule has 0 bridgehead atoms. The van der Waals surface area contributed by atoms with Gasteiger partial charge in [-0.2, -0.15) is 0 Å². The predicted molar refractivity (Wildman–Crippen MR) is 108 cm³/mol. The van der Waals surface area contributed by atoms with Gasteiger partial charge in [0, 0.05) is 42.5 Å². The summed E-state index contributed by atoms with van der Waals surface area (Å²) in [7, 11) is 0. The van der Waals surface area contributed by atoms with Crippen LogP contribution in [0.4, 0.5) is 5.69 Å². The number of hydrogen-bond donors (Lipinski definition) is 1. The van der Waals surface area contributed by atoms with Crippen LogP contribution in [0.2, 0.25) is 5.02 Å². The molecule has 1 saturated heterocycles. The second kappa shape index (κ2) is 8.44. The van der Waals surface area contributed by atoms with Gasteiger partial charge in [-0.05, 0) is 55.3 Å². The lowest BCUT2D eigenvalue weighted by atomic mass is 10.1. The molecule has 142 valence electrons. The van der Waals surface area contributed by atoms with Crippen molar-refractivity contribution in [2.24, 2.45) is 0 Å². The Morgan fingerprint density at radius 1 is 1.00 bits per heavy atom. The quantitative estimate of drug-likeness (QED) is 0.880. The van der Waals surface area contributed by atoms with E-state index in [0.717, 1.165) is 29.9 Å². The number of benzene rings is 2. The number of anilines is 1. The third kappa shape index (κ3) is 4.80. The molecule has 1 aliphatic rings. The van der Waals surface area contributed by atoms with Gasteiger partial charge < -0.3 is 15.1 Å². The van der Waals surface area contributed by atoms with Crippen molar-refractivity contribution in [1.82, 2.24) is 10.2 Å². The van der Waals surface area contributed by atoms with Crippen molar-refractivity contribution >= 4 is 29.1 Å². The zero-order chi connectivity index (χ0) is 19.4. The van der Waals surface area contributed by atoms with E-state index in [0.29, 0.717) is 23.7 Å². The molecule has 1 heterocycles. The SMILES string of the molecule is Cc1ccc(C(=O)NCC(=O)N2CCN(c3cccc(Cl)c3)CC2)cc1C. The molecule has 27 heavy (non-hydrogen) atoms. The first-order chi connectivity index (χ1) is 12.9. The third-order valence-corrected chi connectivity index (χ3v) is 5.21. The van der Waals surface area contributed by atoms with Gasteiger partial charge >= 0.3 is 0 Å². The van der Waals surface area contributed by atoms with Gasteiger partial charge in [0.15, 0.2) is 0 Å². The smallest absolute Gasteiger partial charge is 0.251 e. The summed E-state index contributed by atoms with van der Waals surface area (Å²) in [4.78, 5) is 28.7. The monoisotopic (exact) mass is 385 g/mol. The lowest BCUT2D eigenvalue weighted by Crippen LogP contribution is -2.51. The summed E-state index contributed by atoms with van der Waals surface area (Å²) < 4.78 is 0. The van der Waals surface area contributed by atoms with E-state index in [1.54, 1.807) is 11.0 Å². The second-order valence-corrected chi connectivity index (χ2v) is 7.27. The molecule has 0 saturated carbocycles. The van der Waals surface area contributed by atoms with Gasteiger partial charge in [0.2, 0.25) is 5.91 Å². The van der Waals surface area contributed by atoms with Crippen molar-refractivity contribution in [2.45, 2.75) is 13.8 Å². The highest BCUT2D eigenvalue weighted by Crippen LogP contribution is 2.20. The van der Waals surface area contributed by atoms with Crippen LogP contribution in [0.25, 0.3) is 0 Å². The average molecular weight is 386 g/mol. The van der Waals surface area contributed by atoms with E-state index in [2.05, 4.69) is 10.2 Å². The van der Waals surface area contributed by atoms with Crippen molar-refractivity contribution in [3.8, 4) is 0 Å². The molecule has 2 aromatic rings. The summed E-state index contributed by atoms with van der Waals surface area (Å²) in [5, 5.41) is 3.44. The molecule has 1 aliphatic heterocycles. The molecule has 0 atom stereocenters. The number of amides is 2. The zero-order valence-corrected chi connectivity index (χ0v) is 16.4. The molecule has 0 unspecified atom stereocenters. The van der Waals surface area contributed by atoms with Gasteiger partial charge in [-0.1, -0.05) is 23.7 Å². The fourth-order valence-electron chi connectivity index (χ4n) is 3.14. The van der Waals surface area contributed by atoms with E-state index in [1.165, 1.54) is 0 Å². The number of nitrogens with zero attached hydrogens (tertiary/aromatic N) is 2. The predicted octanol–water partition coefficient (Wildman–Crippen LogP) is 3.04. The van der Waals surface area contributed by atoms with Gasteiger partial charge in [0.1, 0.15) is 0 Å². The minimum atomic E-state index is -0.219. The summed E-state index contributed by atoms with van der Waals surface area (Å²) in [5.41, 5.74) is 3.85. The number of hydrogen-bond acceptors (Lipinski definition) is 3. The molecule has 1 N–H and O–H groups in total. The molecule has 0 aromatic heterocycles. The Labute approximate surface area is 164 Å². The van der Waals surface area contributed by atoms with Crippen LogP contribution >= 0.6 is 11.6 Å². The molecule has 1 fully saturated rings. The number of carbonyl (C=O) groups excluding carboxylic acids is 2. The lowest BCUT2D eigenvalue weighted by Gasteiger charge is -2.36. The summed E-state index contributed by atoms with van der Waals surface area (Å²) >= 11 is 6.05.